The molecule has 1 aliphatic rings. The van der Waals surface area contributed by atoms with Crippen molar-refractivity contribution >= 4 is 35.6 Å². The Morgan fingerprint density at radius 3 is 2.53 bits per heavy atom. The lowest BCUT2D eigenvalue weighted by Gasteiger charge is -2.22. The van der Waals surface area contributed by atoms with Crippen molar-refractivity contribution in [1.82, 2.24) is 4.90 Å². The molecular weight excluding hydrogens is 351 g/mol. The van der Waals surface area contributed by atoms with Crippen LogP contribution in [0.1, 0.15) is 12.8 Å². The zero-order valence-corrected chi connectivity index (χ0v) is 13.9. The molecule has 1 unspecified atom stereocenters. The molecule has 4 nitrogen and oxygen atoms in total. The molecule has 1 aromatic rings. The number of rotatable bonds is 5. The summed E-state index contributed by atoms with van der Waals surface area (Å²) in [4.78, 5) is 6.69. The van der Waals surface area contributed by atoms with E-state index in [1.165, 1.54) is 12.8 Å². The molecule has 5 heteroatoms. The average molecular weight is 374 g/mol. The fraction of sp³-hybridized carbons (Fsp3) is 0.500. The molecule has 3 N–H and O–H groups in total. The van der Waals surface area contributed by atoms with E-state index in [2.05, 4.69) is 29.3 Å². The highest BCUT2D eigenvalue weighted by Crippen LogP contribution is 2.34. The van der Waals surface area contributed by atoms with Crippen molar-refractivity contribution in [2.75, 3.05) is 26.0 Å². The maximum atomic E-state index is 5.90. The first-order chi connectivity index (χ1) is 8.66. The monoisotopic (exact) mass is 374 g/mol. The first kappa shape index (κ1) is 16.2. The summed E-state index contributed by atoms with van der Waals surface area (Å²) < 4.78 is 0. The molecule has 0 saturated heterocycles. The fourth-order valence-corrected chi connectivity index (χ4v) is 2.12. The summed E-state index contributed by atoms with van der Waals surface area (Å²) in [6, 6.07) is 10.4. The van der Waals surface area contributed by atoms with E-state index in [4.69, 9.17) is 5.73 Å². The highest BCUT2D eigenvalue weighted by atomic mass is 127. The van der Waals surface area contributed by atoms with Crippen LogP contribution < -0.4 is 11.1 Å². The molecule has 1 fully saturated rings. The summed E-state index contributed by atoms with van der Waals surface area (Å²) in [5.74, 6) is 1.29. The van der Waals surface area contributed by atoms with Crippen molar-refractivity contribution in [3.05, 3.63) is 30.3 Å². The van der Waals surface area contributed by atoms with Crippen LogP contribution in [0.4, 0.5) is 5.69 Å². The number of para-hydroxylation sites is 1. The van der Waals surface area contributed by atoms with Gasteiger partial charge in [-0.25, -0.2) is 0 Å². The van der Waals surface area contributed by atoms with Gasteiger partial charge in [0, 0.05) is 11.7 Å². The van der Waals surface area contributed by atoms with Crippen LogP contribution in [0.25, 0.3) is 0 Å². The van der Waals surface area contributed by atoms with Crippen LogP contribution in [-0.4, -0.2) is 37.5 Å². The molecule has 1 saturated carbocycles. The van der Waals surface area contributed by atoms with Crippen LogP contribution in [0.5, 0.6) is 0 Å². The number of likely N-dealkylation sites (N-methyl/N-ethyl adjacent to an activating group) is 1. The number of anilines is 1. The van der Waals surface area contributed by atoms with Gasteiger partial charge in [-0.1, -0.05) is 18.2 Å². The number of nitrogens with zero attached hydrogens (tertiary/aromatic N) is 2. The van der Waals surface area contributed by atoms with E-state index in [9.17, 15) is 0 Å². The molecule has 106 valence electrons. The Kier molecular flexibility index (Phi) is 6.57. The Balaban J connectivity index is 0.00000180. The number of guanidine groups is 1. The Labute approximate surface area is 132 Å². The predicted octanol–water partition coefficient (Wildman–Crippen LogP) is 2.37. The van der Waals surface area contributed by atoms with Gasteiger partial charge in [-0.15, -0.1) is 24.0 Å². The second-order valence-electron chi connectivity index (χ2n) is 5.09. The van der Waals surface area contributed by atoms with Gasteiger partial charge in [0.25, 0.3) is 0 Å². The first-order valence-electron chi connectivity index (χ1n) is 6.45. The van der Waals surface area contributed by atoms with Crippen LogP contribution in [0.15, 0.2) is 35.3 Å². The zero-order valence-electron chi connectivity index (χ0n) is 11.5. The number of aliphatic imine (C=N–C) groups is 1. The van der Waals surface area contributed by atoms with Gasteiger partial charge in [-0.05, 0) is 45.0 Å². The minimum Gasteiger partial charge on any atom is -0.370 e. The van der Waals surface area contributed by atoms with E-state index in [1.54, 1.807) is 0 Å². The second-order valence-corrected chi connectivity index (χ2v) is 5.09. The van der Waals surface area contributed by atoms with Crippen LogP contribution >= 0.6 is 24.0 Å². The van der Waals surface area contributed by atoms with Gasteiger partial charge in [-0.3, -0.25) is 4.99 Å². The molecule has 19 heavy (non-hydrogen) atoms. The summed E-state index contributed by atoms with van der Waals surface area (Å²) in [5.41, 5.74) is 6.87. The topological polar surface area (TPSA) is 53.6 Å². The Morgan fingerprint density at radius 1 is 1.37 bits per heavy atom. The summed E-state index contributed by atoms with van der Waals surface area (Å²) in [5, 5.41) is 3.10. The Hall–Kier alpha value is -0.820. The highest BCUT2D eigenvalue weighted by molar-refractivity contribution is 14.0. The summed E-state index contributed by atoms with van der Waals surface area (Å²) in [7, 11) is 4.22. The zero-order chi connectivity index (χ0) is 13.0. The van der Waals surface area contributed by atoms with Crippen molar-refractivity contribution in [1.29, 1.82) is 0 Å². The maximum Gasteiger partial charge on any atom is 0.193 e. The van der Waals surface area contributed by atoms with Crippen LogP contribution in [0.2, 0.25) is 0 Å². The van der Waals surface area contributed by atoms with Crippen molar-refractivity contribution < 1.29 is 0 Å². The molecule has 0 bridgehead atoms. The molecule has 1 aliphatic carbocycles. The van der Waals surface area contributed by atoms with Crippen LogP contribution in [0, 0.1) is 5.92 Å². The number of nitrogens with two attached hydrogens (primary N) is 1. The molecule has 1 aromatic carbocycles. The third kappa shape index (κ3) is 5.36. The van der Waals surface area contributed by atoms with E-state index in [0.29, 0.717) is 12.0 Å². The predicted molar refractivity (Wildman–Crippen MR) is 92.2 cm³/mol. The summed E-state index contributed by atoms with van der Waals surface area (Å²) >= 11 is 0. The number of hydrogen-bond acceptors (Lipinski definition) is 2. The quantitative estimate of drug-likeness (QED) is 0.473. The summed E-state index contributed by atoms with van der Waals surface area (Å²) in [6.07, 6.45) is 2.65. The van der Waals surface area contributed by atoms with Crippen LogP contribution in [-0.2, 0) is 0 Å². The SMILES string of the molecule is CN(C)C(CN=C(N)Nc1ccccc1)C1CC1.I. The molecule has 0 amide bonds. The first-order valence-corrected chi connectivity index (χ1v) is 6.45. The average Bonchev–Trinajstić information content (AvgIpc) is 3.14. The third-order valence-electron chi connectivity index (χ3n) is 3.32. The van der Waals surface area contributed by atoms with Crippen molar-refractivity contribution in [2.45, 2.75) is 18.9 Å². The number of halogens is 1. The standard InChI is InChI=1S/C14H22N4.HI/c1-18(2)13(11-8-9-11)10-16-14(15)17-12-6-4-3-5-7-12;/h3-7,11,13H,8-10H2,1-2H3,(H3,15,16,17);1H. The maximum absolute atomic E-state index is 5.90. The number of nitrogens with one attached hydrogen (secondary N) is 1. The smallest absolute Gasteiger partial charge is 0.193 e. The molecule has 0 heterocycles. The van der Waals surface area contributed by atoms with Gasteiger partial charge in [0.05, 0.1) is 6.54 Å². The van der Waals surface area contributed by atoms with E-state index >= 15 is 0 Å². The van der Waals surface area contributed by atoms with Gasteiger partial charge < -0.3 is 16.0 Å². The molecule has 1 atom stereocenters. The van der Waals surface area contributed by atoms with Crippen molar-refractivity contribution in [2.24, 2.45) is 16.6 Å². The van der Waals surface area contributed by atoms with E-state index in [-0.39, 0.29) is 24.0 Å². The summed E-state index contributed by atoms with van der Waals surface area (Å²) in [6.45, 7) is 0.767. The van der Waals surface area contributed by atoms with E-state index < -0.39 is 0 Å². The lowest BCUT2D eigenvalue weighted by Crippen LogP contribution is -2.34. The normalized spacial score (nSPS) is 16.9. The third-order valence-corrected chi connectivity index (χ3v) is 3.32. The Bertz CT molecular complexity index is 399. The molecule has 0 radical (unpaired) electrons. The van der Waals surface area contributed by atoms with E-state index in [0.717, 1.165) is 18.2 Å². The lowest BCUT2D eigenvalue weighted by molar-refractivity contribution is 0.271. The highest BCUT2D eigenvalue weighted by Gasteiger charge is 2.32. The van der Waals surface area contributed by atoms with Crippen molar-refractivity contribution in [3.63, 3.8) is 0 Å². The minimum absolute atomic E-state index is 0. The molecular formula is C14H23IN4. The van der Waals surface area contributed by atoms with Gasteiger partial charge >= 0.3 is 0 Å². The minimum atomic E-state index is 0. The lowest BCUT2D eigenvalue weighted by atomic mass is 10.2. The van der Waals surface area contributed by atoms with Crippen molar-refractivity contribution in [3.8, 4) is 0 Å². The van der Waals surface area contributed by atoms with Gasteiger partial charge in [0.2, 0.25) is 0 Å². The van der Waals surface area contributed by atoms with E-state index in [1.807, 2.05) is 30.3 Å². The number of benzene rings is 1. The Morgan fingerprint density at radius 2 is 2.00 bits per heavy atom. The largest absolute Gasteiger partial charge is 0.370 e. The molecule has 0 aliphatic heterocycles. The second kappa shape index (κ2) is 7.69. The molecule has 0 spiro atoms. The fourth-order valence-electron chi connectivity index (χ4n) is 2.12. The van der Waals surface area contributed by atoms with Crippen LogP contribution in [0.3, 0.4) is 0 Å². The molecule has 0 aromatic heterocycles. The van der Waals surface area contributed by atoms with Gasteiger partial charge in [0.15, 0.2) is 5.96 Å². The molecule has 2 rings (SSSR count). The van der Waals surface area contributed by atoms with Gasteiger partial charge in [0.1, 0.15) is 0 Å². The van der Waals surface area contributed by atoms with Gasteiger partial charge in [-0.2, -0.15) is 0 Å². The number of hydrogen-bond donors (Lipinski definition) is 2.